The highest BCUT2D eigenvalue weighted by Gasteiger charge is 2.29. The Labute approximate surface area is 179 Å². The number of aryl methyl sites for hydroxylation is 2. The number of rotatable bonds is 8. The molecule has 1 atom stereocenters. The molecular weight excluding hydrogens is 398 g/mol. The molecular formula is C22H23N5O4. The van der Waals surface area contributed by atoms with Crippen LogP contribution >= 0.6 is 0 Å². The van der Waals surface area contributed by atoms with Crippen molar-refractivity contribution < 1.29 is 19.1 Å². The number of H-pyrrole nitrogens is 1. The molecule has 0 saturated heterocycles. The van der Waals surface area contributed by atoms with Crippen molar-refractivity contribution in [2.75, 3.05) is 19.5 Å². The lowest BCUT2D eigenvalue weighted by atomic mass is 10.0. The summed E-state index contributed by atoms with van der Waals surface area (Å²) in [7, 11) is 3.20. The van der Waals surface area contributed by atoms with Crippen LogP contribution in [-0.2, 0) is 17.6 Å². The topological polar surface area (TPSA) is 118 Å². The monoisotopic (exact) mass is 421 g/mol. The zero-order valence-corrected chi connectivity index (χ0v) is 17.3. The number of methoxy groups -OCH3 is 2. The minimum Gasteiger partial charge on any atom is -0.493 e. The molecule has 3 aromatic rings. The van der Waals surface area contributed by atoms with Crippen LogP contribution in [0.1, 0.15) is 39.8 Å². The molecule has 160 valence electrons. The zero-order valence-electron chi connectivity index (χ0n) is 17.3. The van der Waals surface area contributed by atoms with E-state index >= 15 is 0 Å². The van der Waals surface area contributed by atoms with Gasteiger partial charge in [-0.15, -0.1) is 5.10 Å². The maximum absolute atomic E-state index is 12.4. The molecule has 1 aliphatic rings. The highest BCUT2D eigenvalue weighted by Crippen LogP contribution is 2.28. The van der Waals surface area contributed by atoms with Gasteiger partial charge in [0.2, 0.25) is 11.9 Å². The number of aromatic nitrogens is 3. The number of aromatic amines is 1. The van der Waals surface area contributed by atoms with Gasteiger partial charge in [0.15, 0.2) is 11.5 Å². The van der Waals surface area contributed by atoms with Crippen LogP contribution in [0.4, 0.5) is 5.95 Å². The fourth-order valence-corrected chi connectivity index (χ4v) is 3.61. The molecule has 0 spiro atoms. The van der Waals surface area contributed by atoms with Crippen LogP contribution in [0.25, 0.3) is 0 Å². The molecule has 9 heteroatoms. The molecule has 0 bridgehead atoms. The number of anilines is 1. The number of benzene rings is 2. The van der Waals surface area contributed by atoms with Gasteiger partial charge in [0.1, 0.15) is 5.82 Å². The molecule has 2 aromatic carbocycles. The lowest BCUT2D eigenvalue weighted by Gasteiger charge is -2.10. The minimum atomic E-state index is -0.354. The number of carbonyl (C=O) groups excluding carboxylic acids is 2. The van der Waals surface area contributed by atoms with Gasteiger partial charge in [0.25, 0.3) is 5.91 Å². The van der Waals surface area contributed by atoms with Gasteiger partial charge in [-0.2, -0.15) is 4.98 Å². The highest BCUT2D eigenvalue weighted by atomic mass is 16.5. The number of fused-ring (bicyclic) bond motifs is 1. The highest BCUT2D eigenvalue weighted by molar-refractivity contribution is 6.00. The second kappa shape index (κ2) is 8.86. The van der Waals surface area contributed by atoms with Crippen molar-refractivity contribution in [2.45, 2.75) is 25.3 Å². The van der Waals surface area contributed by atoms with E-state index in [2.05, 4.69) is 25.8 Å². The summed E-state index contributed by atoms with van der Waals surface area (Å²) in [5, 5.41) is 12.4. The lowest BCUT2D eigenvalue weighted by Crippen LogP contribution is -2.24. The summed E-state index contributed by atoms with van der Waals surface area (Å²) in [6.45, 7) is 0. The van der Waals surface area contributed by atoms with E-state index in [0.29, 0.717) is 35.7 Å². The Morgan fingerprint density at radius 2 is 1.90 bits per heavy atom. The van der Waals surface area contributed by atoms with E-state index in [-0.39, 0.29) is 30.2 Å². The van der Waals surface area contributed by atoms with Gasteiger partial charge in [-0.1, -0.05) is 24.3 Å². The van der Waals surface area contributed by atoms with Crippen molar-refractivity contribution in [1.82, 2.24) is 20.5 Å². The average Bonchev–Trinajstić information content (AvgIpc) is 3.36. The predicted molar refractivity (Wildman–Crippen MR) is 113 cm³/mol. The van der Waals surface area contributed by atoms with Crippen molar-refractivity contribution in [2.24, 2.45) is 0 Å². The Morgan fingerprint density at radius 3 is 2.71 bits per heavy atom. The van der Waals surface area contributed by atoms with E-state index in [4.69, 9.17) is 9.47 Å². The minimum absolute atomic E-state index is 0.109. The fraction of sp³-hybridized carbons (Fsp3) is 0.273. The van der Waals surface area contributed by atoms with Crippen molar-refractivity contribution in [3.63, 3.8) is 0 Å². The van der Waals surface area contributed by atoms with E-state index in [1.165, 1.54) is 0 Å². The van der Waals surface area contributed by atoms with Gasteiger partial charge >= 0.3 is 0 Å². The van der Waals surface area contributed by atoms with Crippen LogP contribution < -0.4 is 20.1 Å². The second-order valence-corrected chi connectivity index (χ2v) is 7.16. The number of carbonyl (C=O) groups is 2. The summed E-state index contributed by atoms with van der Waals surface area (Å²) in [5.41, 5.74) is 2.50. The summed E-state index contributed by atoms with van der Waals surface area (Å²) >= 11 is 0. The third-order valence-corrected chi connectivity index (χ3v) is 5.16. The second-order valence-electron chi connectivity index (χ2n) is 7.16. The molecule has 0 unspecified atom stereocenters. The Balaban J connectivity index is 1.32. The van der Waals surface area contributed by atoms with Crippen molar-refractivity contribution in [1.29, 1.82) is 0 Å². The summed E-state index contributed by atoms with van der Waals surface area (Å²) in [5.74, 6) is 1.79. The number of amides is 2. The third-order valence-electron chi connectivity index (χ3n) is 5.16. The third kappa shape index (κ3) is 4.50. The van der Waals surface area contributed by atoms with Crippen molar-refractivity contribution in [3.05, 3.63) is 65.0 Å². The van der Waals surface area contributed by atoms with Crippen LogP contribution in [0.15, 0.2) is 42.5 Å². The van der Waals surface area contributed by atoms with Gasteiger partial charge in [0, 0.05) is 12.0 Å². The van der Waals surface area contributed by atoms with Crippen molar-refractivity contribution in [3.8, 4) is 11.5 Å². The molecule has 31 heavy (non-hydrogen) atoms. The van der Waals surface area contributed by atoms with Gasteiger partial charge in [-0.3, -0.25) is 20.0 Å². The molecule has 2 heterocycles. The van der Waals surface area contributed by atoms with E-state index in [9.17, 15) is 9.59 Å². The zero-order chi connectivity index (χ0) is 21.8. The maximum atomic E-state index is 12.4. The van der Waals surface area contributed by atoms with Crippen LogP contribution in [-0.4, -0.2) is 41.2 Å². The van der Waals surface area contributed by atoms with Gasteiger partial charge in [-0.05, 0) is 35.7 Å². The van der Waals surface area contributed by atoms with Crippen LogP contribution in [0.3, 0.4) is 0 Å². The number of hydrogen-bond donors (Lipinski definition) is 3. The molecule has 1 aliphatic heterocycles. The van der Waals surface area contributed by atoms with Gasteiger partial charge in [0.05, 0.1) is 26.7 Å². The first-order valence-corrected chi connectivity index (χ1v) is 9.89. The number of hydrogen-bond acceptors (Lipinski definition) is 6. The summed E-state index contributed by atoms with van der Waals surface area (Å²) in [6, 6.07) is 12.7. The average molecular weight is 421 g/mol. The molecule has 0 fully saturated rings. The van der Waals surface area contributed by atoms with E-state index in [0.717, 1.165) is 11.1 Å². The maximum Gasteiger partial charge on any atom is 0.252 e. The number of nitrogens with one attached hydrogen (secondary N) is 3. The van der Waals surface area contributed by atoms with Crippen LogP contribution in [0, 0.1) is 0 Å². The van der Waals surface area contributed by atoms with Crippen molar-refractivity contribution >= 4 is 17.8 Å². The Hall–Kier alpha value is -3.88. The SMILES string of the molecule is COc1ccc(CCc2nc(NC(=O)C[C@@H]3NC(=O)c4ccccc43)n[nH]2)cc1OC. The quantitative estimate of drug-likeness (QED) is 0.514. The smallest absolute Gasteiger partial charge is 0.252 e. The number of ether oxygens (including phenoxy) is 2. The molecule has 2 amide bonds. The van der Waals surface area contributed by atoms with E-state index < -0.39 is 0 Å². The predicted octanol–water partition coefficient (Wildman–Crippen LogP) is 2.42. The molecule has 0 aliphatic carbocycles. The Kier molecular flexibility index (Phi) is 5.83. The van der Waals surface area contributed by atoms with E-state index in [1.807, 2.05) is 30.3 Å². The first-order valence-electron chi connectivity index (χ1n) is 9.89. The van der Waals surface area contributed by atoms with Crippen LogP contribution in [0.2, 0.25) is 0 Å². The van der Waals surface area contributed by atoms with Gasteiger partial charge in [-0.25, -0.2) is 0 Å². The molecule has 1 aromatic heterocycles. The van der Waals surface area contributed by atoms with Gasteiger partial charge < -0.3 is 14.8 Å². The molecule has 0 radical (unpaired) electrons. The Morgan fingerprint density at radius 1 is 1.10 bits per heavy atom. The largest absolute Gasteiger partial charge is 0.493 e. The first kappa shape index (κ1) is 20.4. The normalized spacial score (nSPS) is 14.6. The first-order chi connectivity index (χ1) is 15.1. The van der Waals surface area contributed by atoms with E-state index in [1.54, 1.807) is 26.4 Å². The standard InChI is InChI=1S/C22H23N5O4/c1-30-17-9-7-13(11-18(17)31-2)8-10-19-24-22(27-26-19)25-20(28)12-16-14-5-3-4-6-15(14)21(29)23-16/h3-7,9,11,16H,8,10,12H2,1-2H3,(H,23,29)(H2,24,25,26,27,28)/t16-/m0/s1. The molecule has 3 N–H and O–H groups in total. The molecule has 9 nitrogen and oxygen atoms in total. The number of nitrogens with zero attached hydrogens (tertiary/aromatic N) is 2. The Bertz CT molecular complexity index is 1110. The van der Waals surface area contributed by atoms with Crippen LogP contribution in [0.5, 0.6) is 11.5 Å². The summed E-state index contributed by atoms with van der Waals surface area (Å²) in [6.07, 6.45) is 1.44. The molecule has 0 saturated carbocycles. The molecule has 4 rings (SSSR count). The lowest BCUT2D eigenvalue weighted by molar-refractivity contribution is -0.116. The fourth-order valence-electron chi connectivity index (χ4n) is 3.61. The summed E-state index contributed by atoms with van der Waals surface area (Å²) < 4.78 is 10.6. The summed E-state index contributed by atoms with van der Waals surface area (Å²) in [4.78, 5) is 28.8.